The first kappa shape index (κ1) is 13.9. The molecule has 1 aromatic heterocycles. The third-order valence-corrected chi connectivity index (χ3v) is 3.48. The van der Waals surface area contributed by atoms with Gasteiger partial charge >= 0.3 is 6.36 Å². The van der Waals surface area contributed by atoms with Crippen molar-refractivity contribution in [3.8, 4) is 11.4 Å². The van der Waals surface area contributed by atoms with E-state index in [0.717, 1.165) is 25.2 Å². The Labute approximate surface area is 119 Å². The monoisotopic (exact) mass is 297 g/mol. The predicted molar refractivity (Wildman–Crippen MR) is 70.5 cm³/mol. The zero-order valence-electron chi connectivity index (χ0n) is 11.1. The van der Waals surface area contributed by atoms with E-state index >= 15 is 0 Å². The van der Waals surface area contributed by atoms with E-state index in [1.165, 1.54) is 18.2 Å². The third kappa shape index (κ3) is 3.18. The Morgan fingerprint density at radius 1 is 1.33 bits per heavy atom. The minimum absolute atomic E-state index is 0.232. The molecule has 1 aliphatic rings. The second-order valence-corrected chi connectivity index (χ2v) is 4.92. The van der Waals surface area contributed by atoms with Crippen LogP contribution in [0.2, 0.25) is 0 Å². The van der Waals surface area contributed by atoms with Crippen LogP contribution in [0.15, 0.2) is 36.8 Å². The van der Waals surface area contributed by atoms with Crippen molar-refractivity contribution in [2.45, 2.75) is 18.7 Å². The number of ether oxygens (including phenoxy) is 1. The molecule has 112 valence electrons. The smallest absolute Gasteiger partial charge is 0.406 e. The van der Waals surface area contributed by atoms with Crippen LogP contribution in [0.5, 0.6) is 5.75 Å². The van der Waals surface area contributed by atoms with Gasteiger partial charge in [0.1, 0.15) is 5.75 Å². The number of halogens is 3. The highest BCUT2D eigenvalue weighted by atomic mass is 19.4. The highest BCUT2D eigenvalue weighted by Gasteiger charge is 2.31. The molecule has 1 atom stereocenters. The van der Waals surface area contributed by atoms with Crippen molar-refractivity contribution in [2.24, 2.45) is 0 Å². The van der Waals surface area contributed by atoms with Gasteiger partial charge in [-0.2, -0.15) is 0 Å². The first-order chi connectivity index (χ1) is 10.0. The summed E-state index contributed by atoms with van der Waals surface area (Å²) >= 11 is 0. The molecule has 4 nitrogen and oxygen atoms in total. The average molecular weight is 297 g/mol. The van der Waals surface area contributed by atoms with E-state index in [1.807, 2.05) is 0 Å². The van der Waals surface area contributed by atoms with Crippen molar-refractivity contribution in [1.29, 1.82) is 0 Å². The topological polar surface area (TPSA) is 39.1 Å². The fourth-order valence-corrected chi connectivity index (χ4v) is 2.56. The lowest BCUT2D eigenvalue weighted by Gasteiger charge is -2.14. The number of imidazole rings is 1. The van der Waals surface area contributed by atoms with E-state index in [-0.39, 0.29) is 5.75 Å². The van der Waals surface area contributed by atoms with Gasteiger partial charge in [-0.25, -0.2) is 4.98 Å². The van der Waals surface area contributed by atoms with Crippen LogP contribution in [0.3, 0.4) is 0 Å². The summed E-state index contributed by atoms with van der Waals surface area (Å²) in [6.45, 7) is 1.79. The molecule has 21 heavy (non-hydrogen) atoms. The summed E-state index contributed by atoms with van der Waals surface area (Å²) in [5.74, 6) is 0.0869. The van der Waals surface area contributed by atoms with Gasteiger partial charge in [-0.05, 0) is 25.1 Å². The van der Waals surface area contributed by atoms with E-state index in [1.54, 1.807) is 23.2 Å². The summed E-state index contributed by atoms with van der Waals surface area (Å²) < 4.78 is 42.6. The average Bonchev–Trinajstić information content (AvgIpc) is 3.08. The Balaban J connectivity index is 1.90. The molecule has 1 N–H and O–H groups in total. The van der Waals surface area contributed by atoms with E-state index in [0.29, 0.717) is 11.6 Å². The maximum Gasteiger partial charge on any atom is 0.573 e. The summed E-state index contributed by atoms with van der Waals surface area (Å²) in [5.41, 5.74) is 1.60. The normalized spacial score (nSPS) is 18.9. The van der Waals surface area contributed by atoms with Gasteiger partial charge in [0.15, 0.2) is 0 Å². The van der Waals surface area contributed by atoms with Crippen LogP contribution < -0.4 is 10.1 Å². The van der Waals surface area contributed by atoms with Gasteiger partial charge in [-0.3, -0.25) is 0 Å². The zero-order chi connectivity index (χ0) is 14.9. The number of nitrogens with one attached hydrogen (secondary N) is 1. The molecule has 7 heteroatoms. The molecular formula is C14H14F3N3O. The largest absolute Gasteiger partial charge is 0.573 e. The van der Waals surface area contributed by atoms with Crippen LogP contribution in [0, 0.1) is 0 Å². The van der Waals surface area contributed by atoms with Gasteiger partial charge in [0.25, 0.3) is 0 Å². The van der Waals surface area contributed by atoms with Crippen molar-refractivity contribution in [2.75, 3.05) is 13.1 Å². The molecule has 1 fully saturated rings. The molecule has 2 aromatic rings. The summed E-state index contributed by atoms with van der Waals surface area (Å²) in [6.07, 6.45) is -0.328. The summed E-state index contributed by atoms with van der Waals surface area (Å²) in [6, 6.07) is 5.91. The standard InChI is InChI=1S/C14H14F3N3O/c15-14(16,17)21-12-3-1-2-11(6-12)20-9-19-8-13(20)10-4-5-18-7-10/h1-3,6,8-10,18H,4-5,7H2. The van der Waals surface area contributed by atoms with Crippen LogP contribution >= 0.6 is 0 Å². The molecule has 3 rings (SSSR count). The number of nitrogens with zero attached hydrogens (tertiary/aromatic N) is 2. The lowest BCUT2D eigenvalue weighted by Crippen LogP contribution is -2.17. The predicted octanol–water partition coefficient (Wildman–Crippen LogP) is 2.85. The molecule has 1 unspecified atom stereocenters. The number of hydrogen-bond donors (Lipinski definition) is 1. The zero-order valence-corrected chi connectivity index (χ0v) is 11.1. The Bertz CT molecular complexity index is 618. The van der Waals surface area contributed by atoms with Crippen LogP contribution in [-0.2, 0) is 0 Å². The summed E-state index contributed by atoms with van der Waals surface area (Å²) in [4.78, 5) is 4.12. The number of hydrogen-bond acceptors (Lipinski definition) is 3. The molecule has 0 aliphatic carbocycles. The second-order valence-electron chi connectivity index (χ2n) is 4.92. The fraction of sp³-hybridized carbons (Fsp3) is 0.357. The van der Waals surface area contributed by atoms with Crippen LogP contribution in [-0.4, -0.2) is 29.0 Å². The van der Waals surface area contributed by atoms with Gasteiger partial charge < -0.3 is 14.6 Å². The van der Waals surface area contributed by atoms with Crippen molar-refractivity contribution >= 4 is 0 Å². The molecule has 0 saturated carbocycles. The van der Waals surface area contributed by atoms with Crippen molar-refractivity contribution in [3.63, 3.8) is 0 Å². The Morgan fingerprint density at radius 3 is 2.90 bits per heavy atom. The van der Waals surface area contributed by atoms with E-state index in [9.17, 15) is 13.2 Å². The Hall–Kier alpha value is -2.02. The van der Waals surface area contributed by atoms with E-state index in [2.05, 4.69) is 15.0 Å². The molecule has 0 radical (unpaired) electrons. The van der Waals surface area contributed by atoms with Crippen LogP contribution in [0.25, 0.3) is 5.69 Å². The summed E-state index contributed by atoms with van der Waals surface area (Å²) in [7, 11) is 0. The first-order valence-corrected chi connectivity index (χ1v) is 6.62. The van der Waals surface area contributed by atoms with Gasteiger partial charge in [0.05, 0.1) is 12.0 Å². The van der Waals surface area contributed by atoms with Crippen molar-refractivity contribution in [1.82, 2.24) is 14.9 Å². The quantitative estimate of drug-likeness (QED) is 0.947. The third-order valence-electron chi connectivity index (χ3n) is 3.48. The minimum atomic E-state index is -4.69. The van der Waals surface area contributed by atoms with Gasteiger partial charge in [-0.1, -0.05) is 6.07 Å². The SMILES string of the molecule is FC(F)(F)Oc1cccc(-n2cncc2C2CCNC2)c1. The highest BCUT2D eigenvalue weighted by Crippen LogP contribution is 2.28. The summed E-state index contributed by atoms with van der Waals surface area (Å²) in [5, 5.41) is 3.27. The van der Waals surface area contributed by atoms with Crippen LogP contribution in [0.4, 0.5) is 13.2 Å². The van der Waals surface area contributed by atoms with Crippen molar-refractivity contribution in [3.05, 3.63) is 42.5 Å². The Kier molecular flexibility index (Phi) is 3.59. The maximum absolute atomic E-state index is 12.3. The van der Waals surface area contributed by atoms with Crippen LogP contribution in [0.1, 0.15) is 18.0 Å². The number of alkyl halides is 3. The number of aromatic nitrogens is 2. The minimum Gasteiger partial charge on any atom is -0.406 e. The Morgan fingerprint density at radius 2 is 2.19 bits per heavy atom. The van der Waals surface area contributed by atoms with E-state index in [4.69, 9.17) is 0 Å². The number of benzene rings is 1. The second kappa shape index (κ2) is 5.40. The number of rotatable bonds is 3. The maximum atomic E-state index is 12.3. The van der Waals surface area contributed by atoms with Crippen molar-refractivity contribution < 1.29 is 17.9 Å². The first-order valence-electron chi connectivity index (χ1n) is 6.62. The molecule has 0 bridgehead atoms. The molecule has 1 saturated heterocycles. The van der Waals surface area contributed by atoms with Gasteiger partial charge in [-0.15, -0.1) is 13.2 Å². The molecule has 1 aliphatic heterocycles. The molecule has 0 amide bonds. The van der Waals surface area contributed by atoms with Gasteiger partial charge in [0, 0.05) is 30.4 Å². The van der Waals surface area contributed by atoms with E-state index < -0.39 is 6.36 Å². The fourth-order valence-electron chi connectivity index (χ4n) is 2.56. The lowest BCUT2D eigenvalue weighted by atomic mass is 10.1. The molecule has 1 aromatic carbocycles. The highest BCUT2D eigenvalue weighted by molar-refractivity contribution is 5.41. The molecular weight excluding hydrogens is 283 g/mol. The molecule has 0 spiro atoms. The van der Waals surface area contributed by atoms with Gasteiger partial charge in [0.2, 0.25) is 0 Å². The lowest BCUT2D eigenvalue weighted by molar-refractivity contribution is -0.274. The molecule has 2 heterocycles.